The number of morpholine rings is 1. The Kier molecular flexibility index (Phi) is 5.92. The van der Waals surface area contributed by atoms with Crippen LogP contribution in [0.15, 0.2) is 53.0 Å². The number of amides is 2. The highest BCUT2D eigenvalue weighted by molar-refractivity contribution is 9.10. The quantitative estimate of drug-likeness (QED) is 0.617. The monoisotopic (exact) mass is 456 g/mol. The van der Waals surface area contributed by atoms with E-state index in [4.69, 9.17) is 4.74 Å². The smallest absolute Gasteiger partial charge is 0.272 e. The molecule has 1 aliphatic rings. The topological polar surface area (TPSA) is 87.3 Å². The Labute approximate surface area is 176 Å². The van der Waals surface area contributed by atoms with Crippen LogP contribution in [0.25, 0.3) is 10.9 Å². The van der Waals surface area contributed by atoms with Crippen LogP contribution in [0.5, 0.6) is 0 Å². The summed E-state index contributed by atoms with van der Waals surface area (Å²) in [5.41, 5.74) is 2.19. The lowest BCUT2D eigenvalue weighted by molar-refractivity contribution is -0.138. The first-order valence-corrected chi connectivity index (χ1v) is 10.3. The molecule has 4 rings (SSSR count). The maximum absolute atomic E-state index is 12.6. The van der Waals surface area contributed by atoms with E-state index in [0.29, 0.717) is 25.4 Å². The molecular weight excluding hydrogens is 436 g/mol. The Hall–Kier alpha value is -2.71. The van der Waals surface area contributed by atoms with Crippen LogP contribution in [0.4, 0.5) is 0 Å². The lowest BCUT2D eigenvalue weighted by Gasteiger charge is -2.33. The summed E-state index contributed by atoms with van der Waals surface area (Å²) in [7, 11) is 0. The van der Waals surface area contributed by atoms with Gasteiger partial charge in [-0.25, -0.2) is 0 Å². The van der Waals surface area contributed by atoms with Crippen molar-refractivity contribution in [3.05, 3.63) is 64.3 Å². The van der Waals surface area contributed by atoms with E-state index in [0.717, 1.165) is 20.9 Å². The Morgan fingerprint density at radius 2 is 2.00 bits per heavy atom. The van der Waals surface area contributed by atoms with E-state index in [1.165, 1.54) is 0 Å². The van der Waals surface area contributed by atoms with Crippen molar-refractivity contribution in [2.45, 2.75) is 12.5 Å². The van der Waals surface area contributed by atoms with Gasteiger partial charge in [0.05, 0.1) is 18.7 Å². The lowest BCUT2D eigenvalue weighted by atomic mass is 10.1. The number of ether oxygens (including phenoxy) is 1. The first-order valence-electron chi connectivity index (χ1n) is 9.48. The number of aromatic nitrogens is 2. The number of fused-ring (bicyclic) bond motifs is 1. The summed E-state index contributed by atoms with van der Waals surface area (Å²) >= 11 is 3.43. The molecule has 0 saturated carbocycles. The number of para-hydroxylation sites is 1. The molecule has 2 heterocycles. The molecule has 1 aliphatic heterocycles. The number of hydrogen-bond acceptors (Lipinski definition) is 4. The number of aromatic amines is 1. The molecule has 2 amide bonds. The van der Waals surface area contributed by atoms with Gasteiger partial charge in [0.25, 0.3) is 5.91 Å². The third-order valence-corrected chi connectivity index (χ3v) is 5.50. The van der Waals surface area contributed by atoms with E-state index < -0.39 is 0 Å². The van der Waals surface area contributed by atoms with Crippen LogP contribution in [0.1, 0.15) is 28.6 Å². The molecule has 8 heteroatoms. The number of benzene rings is 2. The van der Waals surface area contributed by atoms with Gasteiger partial charge in [-0.3, -0.25) is 14.7 Å². The van der Waals surface area contributed by atoms with E-state index >= 15 is 0 Å². The fraction of sp³-hybridized carbons (Fsp3) is 0.286. The highest BCUT2D eigenvalue weighted by Crippen LogP contribution is 2.24. The van der Waals surface area contributed by atoms with Crippen LogP contribution < -0.4 is 5.32 Å². The summed E-state index contributed by atoms with van der Waals surface area (Å²) in [6.45, 7) is 1.83. The summed E-state index contributed by atoms with van der Waals surface area (Å²) in [6, 6.07) is 15.4. The number of carbonyl (C=O) groups excluding carboxylic acids is 2. The van der Waals surface area contributed by atoms with E-state index in [9.17, 15) is 9.59 Å². The molecule has 1 fully saturated rings. The minimum atomic E-state index is -0.287. The second-order valence-corrected chi connectivity index (χ2v) is 7.79. The Bertz CT molecular complexity index is 1020. The fourth-order valence-electron chi connectivity index (χ4n) is 3.42. The molecule has 1 aromatic heterocycles. The van der Waals surface area contributed by atoms with Gasteiger partial charge in [-0.05, 0) is 23.8 Å². The molecule has 3 aromatic rings. The van der Waals surface area contributed by atoms with E-state index in [-0.39, 0.29) is 30.9 Å². The minimum absolute atomic E-state index is 0.00241. The predicted molar refractivity (Wildman–Crippen MR) is 112 cm³/mol. The van der Waals surface area contributed by atoms with Crippen molar-refractivity contribution in [3.8, 4) is 0 Å². The van der Waals surface area contributed by atoms with Gasteiger partial charge < -0.3 is 15.0 Å². The zero-order valence-corrected chi connectivity index (χ0v) is 17.3. The Morgan fingerprint density at radius 3 is 2.83 bits per heavy atom. The van der Waals surface area contributed by atoms with Crippen LogP contribution in [0, 0.1) is 0 Å². The van der Waals surface area contributed by atoms with Crippen molar-refractivity contribution in [1.82, 2.24) is 20.4 Å². The number of nitrogens with zero attached hydrogens (tertiary/aromatic N) is 2. The number of rotatable bonds is 5. The summed E-state index contributed by atoms with van der Waals surface area (Å²) < 4.78 is 6.83. The first-order chi connectivity index (χ1) is 14.1. The van der Waals surface area contributed by atoms with E-state index in [2.05, 4.69) is 31.4 Å². The van der Waals surface area contributed by atoms with Crippen LogP contribution >= 0.6 is 15.9 Å². The maximum atomic E-state index is 12.6. The van der Waals surface area contributed by atoms with Gasteiger partial charge in [-0.1, -0.05) is 46.3 Å². The molecule has 2 aromatic carbocycles. The van der Waals surface area contributed by atoms with Crippen molar-refractivity contribution >= 4 is 38.6 Å². The summed E-state index contributed by atoms with van der Waals surface area (Å²) in [4.78, 5) is 26.8. The van der Waals surface area contributed by atoms with Crippen LogP contribution in [-0.4, -0.2) is 53.2 Å². The largest absolute Gasteiger partial charge is 0.370 e. The number of nitrogens with one attached hydrogen (secondary N) is 2. The van der Waals surface area contributed by atoms with Crippen molar-refractivity contribution in [1.29, 1.82) is 0 Å². The number of carbonyl (C=O) groups is 2. The summed E-state index contributed by atoms with van der Waals surface area (Å²) in [5.74, 6) is -0.285. The molecule has 0 aliphatic carbocycles. The third-order valence-electron chi connectivity index (χ3n) is 4.97. The average molecular weight is 457 g/mol. The fourth-order valence-corrected chi connectivity index (χ4v) is 3.68. The molecule has 29 heavy (non-hydrogen) atoms. The Morgan fingerprint density at radius 1 is 1.21 bits per heavy atom. The number of H-pyrrole nitrogens is 1. The number of halogens is 1. The second kappa shape index (κ2) is 8.75. The molecule has 1 unspecified atom stereocenters. The molecule has 1 atom stereocenters. The Balaban J connectivity index is 1.30. The van der Waals surface area contributed by atoms with Gasteiger partial charge in [0, 0.05) is 29.4 Å². The van der Waals surface area contributed by atoms with Crippen molar-refractivity contribution in [2.24, 2.45) is 0 Å². The molecule has 2 N–H and O–H groups in total. The zero-order valence-electron chi connectivity index (χ0n) is 15.7. The van der Waals surface area contributed by atoms with Crippen molar-refractivity contribution < 1.29 is 14.3 Å². The van der Waals surface area contributed by atoms with E-state index in [1.54, 1.807) is 4.90 Å². The highest BCUT2D eigenvalue weighted by Gasteiger charge is 2.25. The molecular formula is C21H21BrN4O3. The van der Waals surface area contributed by atoms with Crippen LogP contribution in [0.3, 0.4) is 0 Å². The van der Waals surface area contributed by atoms with Gasteiger partial charge in [0.15, 0.2) is 5.69 Å². The standard InChI is InChI=1S/C21H21BrN4O3/c22-15-7-5-14(6-8-15)18-13-26(11-12-29-18)19(27)9-10-23-21(28)20-16-3-1-2-4-17(16)24-25-20/h1-8,18H,9-13H2,(H,23,28)(H,24,25). The van der Waals surface area contributed by atoms with Crippen LogP contribution in [0.2, 0.25) is 0 Å². The second-order valence-electron chi connectivity index (χ2n) is 6.87. The molecule has 0 bridgehead atoms. The summed E-state index contributed by atoms with van der Waals surface area (Å²) in [6.07, 6.45) is 0.104. The predicted octanol–water partition coefficient (Wildman–Crippen LogP) is 3.05. The van der Waals surface area contributed by atoms with Gasteiger partial charge >= 0.3 is 0 Å². The van der Waals surface area contributed by atoms with Gasteiger partial charge in [-0.15, -0.1) is 0 Å². The maximum Gasteiger partial charge on any atom is 0.272 e. The SMILES string of the molecule is O=C(NCCC(=O)N1CCOC(c2ccc(Br)cc2)C1)c1n[nH]c2ccccc12. The van der Waals surface area contributed by atoms with Gasteiger partial charge in [0.2, 0.25) is 5.91 Å². The molecule has 7 nitrogen and oxygen atoms in total. The average Bonchev–Trinajstić information content (AvgIpc) is 3.18. The first kappa shape index (κ1) is 19.6. The lowest BCUT2D eigenvalue weighted by Crippen LogP contribution is -2.43. The van der Waals surface area contributed by atoms with Gasteiger partial charge in [-0.2, -0.15) is 5.10 Å². The van der Waals surface area contributed by atoms with E-state index in [1.807, 2.05) is 48.5 Å². The molecule has 0 radical (unpaired) electrons. The zero-order chi connectivity index (χ0) is 20.2. The van der Waals surface area contributed by atoms with Crippen molar-refractivity contribution in [3.63, 3.8) is 0 Å². The summed E-state index contributed by atoms with van der Waals surface area (Å²) in [5, 5.41) is 10.5. The normalized spacial score (nSPS) is 16.7. The molecule has 150 valence electrons. The minimum Gasteiger partial charge on any atom is -0.370 e. The highest BCUT2D eigenvalue weighted by atomic mass is 79.9. The third kappa shape index (κ3) is 4.49. The van der Waals surface area contributed by atoms with Crippen molar-refractivity contribution in [2.75, 3.05) is 26.2 Å². The van der Waals surface area contributed by atoms with Crippen LogP contribution in [-0.2, 0) is 9.53 Å². The molecule has 1 saturated heterocycles. The number of hydrogen-bond donors (Lipinski definition) is 2. The van der Waals surface area contributed by atoms with Gasteiger partial charge in [0.1, 0.15) is 6.10 Å². The molecule has 0 spiro atoms.